The summed E-state index contributed by atoms with van der Waals surface area (Å²) in [5.74, 6) is -1.86. The number of anilines is 4. The van der Waals surface area contributed by atoms with E-state index in [-0.39, 0.29) is 23.2 Å². The lowest BCUT2D eigenvalue weighted by Crippen LogP contribution is -2.44. The van der Waals surface area contributed by atoms with Crippen molar-refractivity contribution in [3.8, 4) is 11.1 Å². The quantitative estimate of drug-likeness (QED) is 0.199. The first kappa shape index (κ1) is 30.5. The largest absolute Gasteiger partial charge is 0.480 e. The average molecular weight is 609 g/mol. The summed E-state index contributed by atoms with van der Waals surface area (Å²) in [6, 6.07) is 13.1. The standard InChI is InChI=1S/C30H31F3N8O3/c1-18(28(43)44)40-13-11-22(12-14-40)41-17-20(15-36-41)19-7-9-21(10-8-19)37-29-35-16-24(30(31,32)33)26(39-29)38-25-6-4-3-5-23(25)27(42)34-2/h3-10,15-18,22H,11-14H2,1-2H3,(H,34,42)(H,43,44)(H2,35,37,38,39). The summed E-state index contributed by atoms with van der Waals surface area (Å²) in [5.41, 5.74) is 1.58. The second-order valence-electron chi connectivity index (χ2n) is 10.4. The van der Waals surface area contributed by atoms with Gasteiger partial charge in [-0.15, -0.1) is 0 Å². The lowest BCUT2D eigenvalue weighted by atomic mass is 10.0. The summed E-state index contributed by atoms with van der Waals surface area (Å²) >= 11 is 0. The molecule has 0 saturated carbocycles. The number of amides is 1. The van der Waals surface area contributed by atoms with Crippen molar-refractivity contribution >= 4 is 35.0 Å². The van der Waals surface area contributed by atoms with Crippen LogP contribution in [0.3, 0.4) is 0 Å². The number of para-hydroxylation sites is 1. The molecule has 0 bridgehead atoms. The number of nitrogens with one attached hydrogen (secondary N) is 3. The SMILES string of the molecule is CNC(=O)c1ccccc1Nc1nc(Nc2ccc(-c3cnn(C4CCN(C(C)C(=O)O)CC4)c3)cc2)ncc1C(F)(F)F. The number of aromatic nitrogens is 4. The number of carbonyl (C=O) groups excluding carboxylic acids is 1. The van der Waals surface area contributed by atoms with Crippen LogP contribution in [0.2, 0.25) is 0 Å². The second kappa shape index (κ2) is 12.7. The minimum atomic E-state index is -4.73. The fraction of sp³-hybridized carbons (Fsp3) is 0.300. The Bertz CT molecular complexity index is 1630. The molecule has 11 nitrogen and oxygen atoms in total. The molecule has 1 amide bonds. The highest BCUT2D eigenvalue weighted by Gasteiger charge is 2.35. The van der Waals surface area contributed by atoms with Crippen LogP contribution in [0.4, 0.5) is 36.3 Å². The summed E-state index contributed by atoms with van der Waals surface area (Å²) in [7, 11) is 1.43. The fourth-order valence-electron chi connectivity index (χ4n) is 5.05. The van der Waals surface area contributed by atoms with Crippen LogP contribution < -0.4 is 16.0 Å². The highest BCUT2D eigenvalue weighted by atomic mass is 19.4. The lowest BCUT2D eigenvalue weighted by molar-refractivity contribution is -0.143. The monoisotopic (exact) mass is 608 g/mol. The number of aliphatic carboxylic acids is 1. The van der Waals surface area contributed by atoms with Gasteiger partial charge < -0.3 is 21.1 Å². The predicted octanol–water partition coefficient (Wildman–Crippen LogP) is 5.32. The number of benzene rings is 2. The summed E-state index contributed by atoms with van der Waals surface area (Å²) in [6.45, 7) is 3.05. The highest BCUT2D eigenvalue weighted by molar-refractivity contribution is 6.00. The van der Waals surface area contributed by atoms with Gasteiger partial charge in [0.2, 0.25) is 5.95 Å². The second-order valence-corrected chi connectivity index (χ2v) is 10.4. The maximum absolute atomic E-state index is 13.8. The van der Waals surface area contributed by atoms with Crippen molar-refractivity contribution in [2.45, 2.75) is 38.0 Å². The number of piperidine rings is 1. The Labute approximate surface area is 251 Å². The average Bonchev–Trinajstić information content (AvgIpc) is 3.51. The van der Waals surface area contributed by atoms with Crippen molar-refractivity contribution in [1.82, 2.24) is 30.0 Å². The van der Waals surface area contributed by atoms with Crippen molar-refractivity contribution in [3.63, 3.8) is 0 Å². The molecule has 2 aromatic heterocycles. The van der Waals surface area contributed by atoms with E-state index in [2.05, 4.69) is 31.0 Å². The van der Waals surface area contributed by atoms with Crippen LogP contribution in [0.15, 0.2) is 67.1 Å². The van der Waals surface area contributed by atoms with Crippen molar-refractivity contribution in [2.75, 3.05) is 30.8 Å². The third-order valence-corrected chi connectivity index (χ3v) is 7.60. The Kier molecular flexibility index (Phi) is 8.81. The molecule has 0 spiro atoms. The van der Waals surface area contributed by atoms with Crippen molar-refractivity contribution in [2.24, 2.45) is 0 Å². The number of rotatable bonds is 9. The van der Waals surface area contributed by atoms with Crippen molar-refractivity contribution in [3.05, 3.63) is 78.2 Å². The van der Waals surface area contributed by atoms with Crippen LogP contribution in [0.5, 0.6) is 0 Å². The maximum atomic E-state index is 13.8. The summed E-state index contributed by atoms with van der Waals surface area (Å²) in [4.78, 5) is 33.4. The molecule has 1 saturated heterocycles. The first-order valence-corrected chi connectivity index (χ1v) is 13.9. The molecule has 2 aromatic carbocycles. The molecular formula is C30H31F3N8O3. The number of halogens is 3. The van der Waals surface area contributed by atoms with E-state index in [0.29, 0.717) is 25.0 Å². The van der Waals surface area contributed by atoms with Gasteiger partial charge >= 0.3 is 12.1 Å². The number of likely N-dealkylation sites (tertiary alicyclic amines) is 1. The van der Waals surface area contributed by atoms with Gasteiger partial charge in [-0.05, 0) is 49.6 Å². The van der Waals surface area contributed by atoms with Gasteiger partial charge in [-0.25, -0.2) is 4.98 Å². The zero-order chi connectivity index (χ0) is 31.4. The summed E-state index contributed by atoms with van der Waals surface area (Å²) < 4.78 is 43.3. The van der Waals surface area contributed by atoms with Gasteiger partial charge in [0.05, 0.1) is 23.5 Å². The third kappa shape index (κ3) is 6.80. The normalized spacial score (nSPS) is 15.0. The number of alkyl halides is 3. The molecule has 4 aromatic rings. The van der Waals surface area contributed by atoms with Gasteiger partial charge in [0.1, 0.15) is 17.4 Å². The zero-order valence-corrected chi connectivity index (χ0v) is 24.0. The number of carboxylic acids is 1. The Morgan fingerprint density at radius 3 is 2.36 bits per heavy atom. The molecular weight excluding hydrogens is 577 g/mol. The Morgan fingerprint density at radius 2 is 1.70 bits per heavy atom. The maximum Gasteiger partial charge on any atom is 0.421 e. The van der Waals surface area contributed by atoms with E-state index >= 15 is 0 Å². The van der Waals surface area contributed by atoms with Crippen molar-refractivity contribution < 1.29 is 27.9 Å². The third-order valence-electron chi connectivity index (χ3n) is 7.60. The van der Waals surface area contributed by atoms with E-state index in [9.17, 15) is 27.9 Å². The minimum absolute atomic E-state index is 0.0675. The lowest BCUT2D eigenvalue weighted by Gasteiger charge is -2.34. The number of carboxylic acid groups (broad SMARTS) is 1. The first-order valence-electron chi connectivity index (χ1n) is 13.9. The highest BCUT2D eigenvalue weighted by Crippen LogP contribution is 2.36. The van der Waals surface area contributed by atoms with E-state index in [1.165, 1.54) is 19.2 Å². The van der Waals surface area contributed by atoms with Gasteiger partial charge in [-0.3, -0.25) is 19.2 Å². The Hall–Kier alpha value is -4.98. The molecule has 1 aliphatic heterocycles. The van der Waals surface area contributed by atoms with Crippen LogP contribution >= 0.6 is 0 Å². The number of nitrogens with zero attached hydrogens (tertiary/aromatic N) is 5. The Balaban J connectivity index is 1.29. The molecule has 230 valence electrons. The molecule has 1 aliphatic rings. The molecule has 1 unspecified atom stereocenters. The topological polar surface area (TPSA) is 137 Å². The van der Waals surface area contributed by atoms with Gasteiger partial charge in [0.25, 0.3) is 5.91 Å². The summed E-state index contributed by atoms with van der Waals surface area (Å²) in [6.07, 6.45) is 1.27. The molecule has 44 heavy (non-hydrogen) atoms. The number of hydrogen-bond donors (Lipinski definition) is 4. The van der Waals surface area contributed by atoms with Crippen LogP contribution in [-0.4, -0.2) is 67.8 Å². The molecule has 0 aliphatic carbocycles. The van der Waals surface area contributed by atoms with Crippen LogP contribution in [-0.2, 0) is 11.0 Å². The molecule has 5 rings (SSSR count). The minimum Gasteiger partial charge on any atom is -0.480 e. The van der Waals surface area contributed by atoms with E-state index in [0.717, 1.165) is 24.0 Å². The van der Waals surface area contributed by atoms with Crippen LogP contribution in [0.25, 0.3) is 11.1 Å². The van der Waals surface area contributed by atoms with Gasteiger partial charge in [-0.1, -0.05) is 24.3 Å². The molecule has 1 atom stereocenters. The van der Waals surface area contributed by atoms with Gasteiger partial charge in [0, 0.05) is 43.8 Å². The van der Waals surface area contributed by atoms with Crippen LogP contribution in [0, 0.1) is 0 Å². The molecule has 4 N–H and O–H groups in total. The van der Waals surface area contributed by atoms with E-state index in [1.807, 2.05) is 27.9 Å². The predicted molar refractivity (Wildman–Crippen MR) is 158 cm³/mol. The molecule has 3 heterocycles. The number of hydrogen-bond acceptors (Lipinski definition) is 8. The fourth-order valence-corrected chi connectivity index (χ4v) is 5.05. The van der Waals surface area contributed by atoms with Gasteiger partial charge in [0.15, 0.2) is 0 Å². The first-order chi connectivity index (χ1) is 21.0. The molecule has 14 heteroatoms. The van der Waals surface area contributed by atoms with E-state index in [4.69, 9.17) is 0 Å². The smallest absolute Gasteiger partial charge is 0.421 e. The van der Waals surface area contributed by atoms with Crippen molar-refractivity contribution in [1.29, 1.82) is 0 Å². The number of carbonyl (C=O) groups is 2. The molecule has 1 fully saturated rings. The Morgan fingerprint density at radius 1 is 1.00 bits per heavy atom. The molecule has 0 radical (unpaired) electrons. The zero-order valence-electron chi connectivity index (χ0n) is 24.0. The van der Waals surface area contributed by atoms with E-state index in [1.54, 1.807) is 37.4 Å². The van der Waals surface area contributed by atoms with Gasteiger partial charge in [-0.2, -0.15) is 23.3 Å². The van der Waals surface area contributed by atoms with Crippen LogP contribution in [0.1, 0.15) is 41.7 Å². The summed E-state index contributed by atoms with van der Waals surface area (Å²) in [5, 5.41) is 21.8. The van der Waals surface area contributed by atoms with E-state index < -0.39 is 35.5 Å².